The van der Waals surface area contributed by atoms with Crippen molar-refractivity contribution < 1.29 is 19.5 Å². The van der Waals surface area contributed by atoms with Crippen molar-refractivity contribution in [1.82, 2.24) is 10.2 Å². The molecule has 7 heteroatoms. The summed E-state index contributed by atoms with van der Waals surface area (Å²) in [7, 11) is 1.55. The fraction of sp³-hybridized carbons (Fsp3) is 0.357. The number of urea groups is 1. The molecule has 1 aromatic rings. The summed E-state index contributed by atoms with van der Waals surface area (Å²) in [5.41, 5.74) is 6.95. The van der Waals surface area contributed by atoms with E-state index in [-0.39, 0.29) is 0 Å². The lowest BCUT2D eigenvalue weighted by Gasteiger charge is -2.21. The summed E-state index contributed by atoms with van der Waals surface area (Å²) in [4.78, 5) is 35.1. The van der Waals surface area contributed by atoms with Crippen LogP contribution in [0.5, 0.6) is 0 Å². The number of carboxylic acid groups (broad SMARTS) is 1. The van der Waals surface area contributed by atoms with Crippen molar-refractivity contribution in [1.29, 1.82) is 0 Å². The normalized spacial score (nSPS) is 11.5. The number of primary amides is 1. The van der Waals surface area contributed by atoms with Crippen molar-refractivity contribution in [2.24, 2.45) is 5.73 Å². The average molecular weight is 293 g/mol. The molecule has 0 aliphatic rings. The maximum Gasteiger partial charge on any atom is 0.326 e. The monoisotopic (exact) mass is 293 g/mol. The Morgan fingerprint density at radius 3 is 2.48 bits per heavy atom. The van der Waals surface area contributed by atoms with Gasteiger partial charge in [-0.2, -0.15) is 0 Å². The van der Waals surface area contributed by atoms with Crippen molar-refractivity contribution in [3.8, 4) is 0 Å². The first-order chi connectivity index (χ1) is 9.81. The van der Waals surface area contributed by atoms with Gasteiger partial charge in [-0.25, -0.2) is 9.59 Å². The first-order valence-corrected chi connectivity index (χ1v) is 6.38. The van der Waals surface area contributed by atoms with Gasteiger partial charge < -0.3 is 21.1 Å². The fourth-order valence-corrected chi connectivity index (χ4v) is 1.78. The van der Waals surface area contributed by atoms with Crippen LogP contribution in [0.3, 0.4) is 0 Å². The highest BCUT2D eigenvalue weighted by atomic mass is 16.4. The van der Waals surface area contributed by atoms with Gasteiger partial charge in [0.2, 0.25) is 5.91 Å². The molecule has 0 aliphatic carbocycles. The quantitative estimate of drug-likeness (QED) is 0.707. The molecule has 4 N–H and O–H groups in total. The number of benzene rings is 1. The standard InChI is InChI=1S/C14H19N3O4/c1-9-5-3-4-6-10(9)8-17(2)14(21)16-11(13(19)20)7-12(15)18/h3-6,11H,7-8H2,1-2H3,(H2,15,18)(H,16,21)(H,19,20)/t11-/m0/s1. The first kappa shape index (κ1) is 16.5. The molecular weight excluding hydrogens is 274 g/mol. The molecule has 0 spiro atoms. The summed E-state index contributed by atoms with van der Waals surface area (Å²) < 4.78 is 0. The van der Waals surface area contributed by atoms with E-state index in [1.54, 1.807) is 7.05 Å². The molecule has 114 valence electrons. The summed E-state index contributed by atoms with van der Waals surface area (Å²) in [5.74, 6) is -2.09. The van der Waals surface area contributed by atoms with E-state index in [9.17, 15) is 14.4 Å². The lowest BCUT2D eigenvalue weighted by molar-refractivity contribution is -0.140. The number of nitrogens with zero attached hydrogens (tertiary/aromatic N) is 1. The second-order valence-electron chi connectivity index (χ2n) is 4.79. The Bertz CT molecular complexity index is 545. The molecule has 0 aliphatic heterocycles. The van der Waals surface area contributed by atoms with E-state index >= 15 is 0 Å². The van der Waals surface area contributed by atoms with Gasteiger partial charge in [0.15, 0.2) is 0 Å². The Labute approximate surface area is 122 Å². The minimum absolute atomic E-state index is 0.335. The lowest BCUT2D eigenvalue weighted by atomic mass is 10.1. The number of aliphatic carboxylic acids is 1. The molecule has 0 radical (unpaired) electrons. The number of nitrogens with two attached hydrogens (primary N) is 1. The zero-order valence-corrected chi connectivity index (χ0v) is 12.0. The molecule has 1 aromatic carbocycles. The molecule has 1 rings (SSSR count). The van der Waals surface area contributed by atoms with Crippen LogP contribution in [-0.4, -0.2) is 41.0 Å². The van der Waals surface area contributed by atoms with E-state index in [1.165, 1.54) is 4.90 Å². The zero-order chi connectivity index (χ0) is 16.0. The minimum atomic E-state index is -1.32. The van der Waals surface area contributed by atoms with Crippen LogP contribution in [0.25, 0.3) is 0 Å². The van der Waals surface area contributed by atoms with Gasteiger partial charge in [0.1, 0.15) is 6.04 Å². The third-order valence-corrected chi connectivity index (χ3v) is 3.02. The highest BCUT2D eigenvalue weighted by Crippen LogP contribution is 2.09. The molecule has 7 nitrogen and oxygen atoms in total. The van der Waals surface area contributed by atoms with Crippen molar-refractivity contribution >= 4 is 17.9 Å². The second kappa shape index (κ2) is 7.28. The number of carboxylic acids is 1. The van der Waals surface area contributed by atoms with E-state index in [4.69, 9.17) is 10.8 Å². The number of rotatable bonds is 6. The van der Waals surface area contributed by atoms with Crippen LogP contribution in [0, 0.1) is 6.92 Å². The van der Waals surface area contributed by atoms with Crippen LogP contribution in [0.4, 0.5) is 4.79 Å². The molecule has 0 saturated carbocycles. The number of hydrogen-bond acceptors (Lipinski definition) is 3. The minimum Gasteiger partial charge on any atom is -0.480 e. The topological polar surface area (TPSA) is 113 Å². The van der Waals surface area contributed by atoms with E-state index < -0.39 is 30.4 Å². The molecule has 21 heavy (non-hydrogen) atoms. The maximum atomic E-state index is 12.0. The molecule has 0 saturated heterocycles. The van der Waals surface area contributed by atoms with Crippen LogP contribution in [0.15, 0.2) is 24.3 Å². The third-order valence-electron chi connectivity index (χ3n) is 3.02. The largest absolute Gasteiger partial charge is 0.480 e. The van der Waals surface area contributed by atoms with Gasteiger partial charge in [0.05, 0.1) is 6.42 Å². The summed E-state index contributed by atoms with van der Waals surface area (Å²) >= 11 is 0. The van der Waals surface area contributed by atoms with E-state index in [1.807, 2.05) is 31.2 Å². The Balaban J connectivity index is 2.67. The lowest BCUT2D eigenvalue weighted by Crippen LogP contribution is -2.48. The summed E-state index contributed by atoms with van der Waals surface area (Å²) in [5, 5.41) is 11.2. The van der Waals surface area contributed by atoms with Crippen molar-refractivity contribution in [3.63, 3.8) is 0 Å². The van der Waals surface area contributed by atoms with Crippen LogP contribution < -0.4 is 11.1 Å². The Hall–Kier alpha value is -2.57. The highest BCUT2D eigenvalue weighted by molar-refractivity contribution is 5.87. The van der Waals surface area contributed by atoms with Crippen molar-refractivity contribution in [3.05, 3.63) is 35.4 Å². The summed E-state index contributed by atoms with van der Waals surface area (Å²) in [6.07, 6.45) is -0.445. The molecule has 0 aromatic heterocycles. The van der Waals surface area contributed by atoms with Crippen molar-refractivity contribution in [2.45, 2.75) is 25.9 Å². The van der Waals surface area contributed by atoms with E-state index in [2.05, 4.69) is 5.32 Å². The van der Waals surface area contributed by atoms with Crippen molar-refractivity contribution in [2.75, 3.05) is 7.05 Å². The van der Waals surface area contributed by atoms with Gasteiger partial charge in [-0.1, -0.05) is 24.3 Å². The molecule has 0 unspecified atom stereocenters. The van der Waals surface area contributed by atoms with Gasteiger partial charge in [-0.3, -0.25) is 4.79 Å². The molecule has 0 fully saturated rings. The van der Waals surface area contributed by atoms with Crippen LogP contribution >= 0.6 is 0 Å². The van der Waals surface area contributed by atoms with Gasteiger partial charge >= 0.3 is 12.0 Å². The van der Waals surface area contributed by atoms with Crippen LogP contribution in [0.1, 0.15) is 17.5 Å². The number of carbonyl (C=O) groups excluding carboxylic acids is 2. The number of amides is 3. The van der Waals surface area contributed by atoms with Gasteiger partial charge in [0, 0.05) is 13.6 Å². The zero-order valence-electron chi connectivity index (χ0n) is 12.0. The smallest absolute Gasteiger partial charge is 0.326 e. The van der Waals surface area contributed by atoms with E-state index in [0.717, 1.165) is 11.1 Å². The van der Waals surface area contributed by atoms with Crippen LogP contribution in [-0.2, 0) is 16.1 Å². The predicted octanol–water partition coefficient (Wildman–Crippen LogP) is 0.465. The number of carbonyl (C=O) groups is 3. The van der Waals surface area contributed by atoms with E-state index in [0.29, 0.717) is 6.54 Å². The molecular formula is C14H19N3O4. The Morgan fingerprint density at radius 2 is 1.95 bits per heavy atom. The number of hydrogen-bond donors (Lipinski definition) is 3. The predicted molar refractivity (Wildman–Crippen MR) is 76.4 cm³/mol. The van der Waals surface area contributed by atoms with Crippen LogP contribution in [0.2, 0.25) is 0 Å². The molecule has 0 heterocycles. The maximum absolute atomic E-state index is 12.0. The average Bonchev–Trinajstić information content (AvgIpc) is 2.39. The van der Waals surface area contributed by atoms with Gasteiger partial charge in [-0.15, -0.1) is 0 Å². The molecule has 1 atom stereocenters. The third kappa shape index (κ3) is 5.13. The Kier molecular flexibility index (Phi) is 5.71. The van der Waals surface area contributed by atoms with Gasteiger partial charge in [-0.05, 0) is 18.1 Å². The number of nitrogens with one attached hydrogen (secondary N) is 1. The highest BCUT2D eigenvalue weighted by Gasteiger charge is 2.23. The summed E-state index contributed by atoms with van der Waals surface area (Å²) in [6, 6.07) is 5.67. The fourth-order valence-electron chi connectivity index (χ4n) is 1.78. The van der Waals surface area contributed by atoms with Gasteiger partial charge in [0.25, 0.3) is 0 Å². The first-order valence-electron chi connectivity index (χ1n) is 6.38. The summed E-state index contributed by atoms with van der Waals surface area (Å²) in [6.45, 7) is 2.26. The molecule has 3 amide bonds. The SMILES string of the molecule is Cc1ccccc1CN(C)C(=O)N[C@@H](CC(N)=O)C(=O)O. The number of aryl methyl sites for hydroxylation is 1. The second-order valence-corrected chi connectivity index (χ2v) is 4.79. The Morgan fingerprint density at radius 1 is 1.33 bits per heavy atom. The molecule has 0 bridgehead atoms.